The van der Waals surface area contributed by atoms with Crippen molar-refractivity contribution in [3.8, 4) is 17.2 Å². The van der Waals surface area contributed by atoms with Crippen LogP contribution in [0.15, 0.2) is 41.1 Å². The van der Waals surface area contributed by atoms with Crippen LogP contribution in [0, 0.1) is 11.2 Å². The number of rotatable bonds is 2. The third-order valence-corrected chi connectivity index (χ3v) is 3.75. The highest BCUT2D eigenvalue weighted by Crippen LogP contribution is 2.46. The Hall–Kier alpha value is -2.54. The lowest BCUT2D eigenvalue weighted by Gasteiger charge is -2.23. The van der Waals surface area contributed by atoms with Gasteiger partial charge in [0.05, 0.1) is 7.11 Å². The zero-order valence-electron chi connectivity index (χ0n) is 12.0. The normalized spacial score (nSPS) is 13.8. The number of methoxy groups -OCH3 is 1. The predicted octanol–water partition coefficient (Wildman–Crippen LogP) is 4.00. The Morgan fingerprint density at radius 1 is 1.30 bits per heavy atom. The molecule has 0 bridgehead atoms. The van der Waals surface area contributed by atoms with Crippen molar-refractivity contribution in [1.82, 2.24) is 0 Å². The van der Waals surface area contributed by atoms with E-state index in [4.69, 9.17) is 25.4 Å². The summed E-state index contributed by atoms with van der Waals surface area (Å²) in [5.41, 5.74) is 6.91. The molecule has 0 aliphatic carbocycles. The maximum Gasteiger partial charge on any atom is 0.284 e. The summed E-state index contributed by atoms with van der Waals surface area (Å²) in [6, 6.07) is 7.69. The number of nitrogens with two attached hydrogens (primary N) is 1. The fourth-order valence-electron chi connectivity index (χ4n) is 2.30. The number of hydrogen-bond acceptors (Lipinski definition) is 4. The van der Waals surface area contributed by atoms with Gasteiger partial charge >= 0.3 is 0 Å². The van der Waals surface area contributed by atoms with Gasteiger partial charge in [0.15, 0.2) is 11.6 Å². The van der Waals surface area contributed by atoms with E-state index in [-0.39, 0.29) is 5.75 Å². The lowest BCUT2D eigenvalue weighted by molar-refractivity contribution is 0.408. The molecule has 23 heavy (non-hydrogen) atoms. The molecule has 5 nitrogen and oxygen atoms in total. The van der Waals surface area contributed by atoms with Gasteiger partial charge in [0.2, 0.25) is 0 Å². The first-order valence-electron chi connectivity index (χ1n) is 6.56. The minimum absolute atomic E-state index is 0.0873. The summed E-state index contributed by atoms with van der Waals surface area (Å²) in [6.45, 7) is 0. The summed E-state index contributed by atoms with van der Waals surface area (Å²) in [7, 11) is 1.55. The number of halogens is 2. The van der Waals surface area contributed by atoms with Gasteiger partial charge in [-0.25, -0.2) is 4.39 Å². The number of ether oxygens (including phenoxy) is 3. The molecule has 1 aliphatic heterocycles. The van der Waals surface area contributed by atoms with Crippen LogP contribution in [-0.2, 0) is 4.74 Å². The Bertz CT molecular complexity index is 836. The van der Waals surface area contributed by atoms with Gasteiger partial charge in [0.1, 0.15) is 17.8 Å². The molecule has 0 aromatic heterocycles. The van der Waals surface area contributed by atoms with Crippen LogP contribution in [-0.4, -0.2) is 13.1 Å². The van der Waals surface area contributed by atoms with Gasteiger partial charge in [0.25, 0.3) is 6.02 Å². The van der Waals surface area contributed by atoms with E-state index in [0.717, 1.165) is 0 Å². The summed E-state index contributed by atoms with van der Waals surface area (Å²) in [6.07, 6.45) is 1.30. The van der Waals surface area contributed by atoms with Crippen LogP contribution in [0.2, 0.25) is 0 Å². The highest BCUT2D eigenvalue weighted by molar-refractivity contribution is 9.10. The molecule has 2 aromatic rings. The predicted molar refractivity (Wildman–Crippen MR) is 87.2 cm³/mol. The molecule has 0 saturated carbocycles. The summed E-state index contributed by atoms with van der Waals surface area (Å²) in [4.78, 5) is 0. The van der Waals surface area contributed by atoms with Gasteiger partial charge < -0.3 is 19.9 Å². The highest BCUT2D eigenvalue weighted by atomic mass is 79.9. The molecule has 3 rings (SSSR count). The molecule has 0 radical (unpaired) electrons. The monoisotopic (exact) mass is 378 g/mol. The van der Waals surface area contributed by atoms with Gasteiger partial charge in [-0.1, -0.05) is 15.9 Å². The summed E-state index contributed by atoms with van der Waals surface area (Å²) >= 11 is 3.26. The topological polar surface area (TPSA) is 77.6 Å². The molecule has 1 aliphatic rings. The molecular formula is C16H12BrFN2O3. The van der Waals surface area contributed by atoms with Crippen LogP contribution in [0.25, 0.3) is 5.57 Å². The van der Waals surface area contributed by atoms with Gasteiger partial charge in [-0.15, -0.1) is 0 Å². The van der Waals surface area contributed by atoms with Crippen molar-refractivity contribution in [1.29, 1.82) is 5.41 Å². The van der Waals surface area contributed by atoms with Crippen molar-refractivity contribution < 1.29 is 18.6 Å². The molecule has 0 saturated heterocycles. The van der Waals surface area contributed by atoms with Crippen LogP contribution in [0.3, 0.4) is 0 Å². The SMILES string of the molecule is COc1ccc2c(c1)C(=COC(=N)N)c1cc(Br)cc(F)c1O2. The van der Waals surface area contributed by atoms with Gasteiger partial charge in [0, 0.05) is 21.2 Å². The Morgan fingerprint density at radius 3 is 2.78 bits per heavy atom. The summed E-state index contributed by atoms with van der Waals surface area (Å²) < 4.78 is 30.7. The zero-order valence-corrected chi connectivity index (χ0v) is 13.6. The molecule has 0 spiro atoms. The highest BCUT2D eigenvalue weighted by Gasteiger charge is 2.26. The number of amidine groups is 1. The van der Waals surface area contributed by atoms with Crippen molar-refractivity contribution in [2.45, 2.75) is 0 Å². The van der Waals surface area contributed by atoms with E-state index in [9.17, 15) is 4.39 Å². The summed E-state index contributed by atoms with van der Waals surface area (Å²) in [5.74, 6) is 0.645. The molecule has 118 valence electrons. The Morgan fingerprint density at radius 2 is 2.09 bits per heavy atom. The fraction of sp³-hybridized carbons (Fsp3) is 0.0625. The van der Waals surface area contributed by atoms with Crippen LogP contribution in [0.4, 0.5) is 4.39 Å². The van der Waals surface area contributed by atoms with E-state index < -0.39 is 11.8 Å². The van der Waals surface area contributed by atoms with E-state index in [0.29, 0.717) is 32.7 Å². The second-order valence-electron chi connectivity index (χ2n) is 4.74. The Labute approximate surface area is 140 Å². The van der Waals surface area contributed by atoms with Crippen LogP contribution < -0.4 is 15.2 Å². The Kier molecular flexibility index (Phi) is 3.96. The molecule has 3 N–H and O–H groups in total. The first kappa shape index (κ1) is 15.4. The largest absolute Gasteiger partial charge is 0.497 e. The van der Waals surface area contributed by atoms with Crippen molar-refractivity contribution in [2.24, 2.45) is 5.73 Å². The average molecular weight is 379 g/mol. The van der Waals surface area contributed by atoms with Crippen molar-refractivity contribution in [3.05, 3.63) is 58.0 Å². The quantitative estimate of drug-likeness (QED) is 0.401. The van der Waals surface area contributed by atoms with Crippen LogP contribution in [0.1, 0.15) is 11.1 Å². The Balaban J connectivity index is 2.23. The number of benzene rings is 2. The van der Waals surface area contributed by atoms with E-state index in [1.54, 1.807) is 31.4 Å². The molecule has 2 aromatic carbocycles. The molecule has 0 amide bonds. The van der Waals surface area contributed by atoms with Crippen molar-refractivity contribution in [3.63, 3.8) is 0 Å². The standard InChI is InChI=1S/C16H12BrFN2O3/c1-21-9-2-3-14-10(6-9)12(7-22-16(19)20)11-4-8(17)5-13(18)15(11)23-14/h2-7H,1H3,(H3,19,20). The number of nitrogens with one attached hydrogen (secondary N) is 1. The molecule has 0 fully saturated rings. The smallest absolute Gasteiger partial charge is 0.284 e. The third-order valence-electron chi connectivity index (χ3n) is 3.29. The number of fused-ring (bicyclic) bond motifs is 2. The van der Waals surface area contributed by atoms with E-state index in [1.807, 2.05) is 0 Å². The van der Waals surface area contributed by atoms with Crippen LogP contribution in [0.5, 0.6) is 17.2 Å². The van der Waals surface area contributed by atoms with Crippen LogP contribution >= 0.6 is 15.9 Å². The molecule has 1 heterocycles. The second-order valence-corrected chi connectivity index (χ2v) is 5.66. The minimum Gasteiger partial charge on any atom is -0.497 e. The van der Waals surface area contributed by atoms with Gasteiger partial charge in [-0.3, -0.25) is 5.41 Å². The fourth-order valence-corrected chi connectivity index (χ4v) is 2.73. The first-order valence-corrected chi connectivity index (χ1v) is 7.35. The van der Waals surface area contributed by atoms with E-state index >= 15 is 0 Å². The van der Waals surface area contributed by atoms with Crippen molar-refractivity contribution >= 4 is 27.5 Å². The van der Waals surface area contributed by atoms with Crippen molar-refractivity contribution in [2.75, 3.05) is 7.11 Å². The maximum atomic E-state index is 14.2. The third kappa shape index (κ3) is 2.87. The molecule has 7 heteroatoms. The molecule has 0 atom stereocenters. The summed E-state index contributed by atoms with van der Waals surface area (Å²) in [5, 5.41) is 7.22. The number of hydrogen-bond donors (Lipinski definition) is 2. The zero-order chi connectivity index (χ0) is 16.6. The average Bonchev–Trinajstić information content (AvgIpc) is 2.51. The van der Waals surface area contributed by atoms with E-state index in [1.165, 1.54) is 12.3 Å². The maximum absolute atomic E-state index is 14.2. The van der Waals surface area contributed by atoms with E-state index in [2.05, 4.69) is 15.9 Å². The molecule has 0 unspecified atom stereocenters. The molecular weight excluding hydrogens is 367 g/mol. The van der Waals surface area contributed by atoms with Gasteiger partial charge in [-0.2, -0.15) is 0 Å². The second kappa shape index (κ2) is 5.92. The lowest BCUT2D eigenvalue weighted by atomic mass is 9.94. The minimum atomic E-state index is -0.510. The van der Waals surface area contributed by atoms with Gasteiger partial charge in [-0.05, 0) is 30.3 Å². The first-order chi connectivity index (χ1) is 11.0. The lowest BCUT2D eigenvalue weighted by Crippen LogP contribution is -2.12.